The third-order valence-electron chi connectivity index (χ3n) is 4.76. The molecule has 0 saturated heterocycles. The van der Waals surface area contributed by atoms with Gasteiger partial charge in [-0.05, 0) is 30.0 Å². The van der Waals surface area contributed by atoms with Gasteiger partial charge in [-0.3, -0.25) is 0 Å². The fourth-order valence-corrected chi connectivity index (χ4v) is 2.57. The van der Waals surface area contributed by atoms with E-state index in [1.165, 1.54) is 0 Å². The maximum absolute atomic E-state index is 10.9. The van der Waals surface area contributed by atoms with Crippen molar-refractivity contribution in [1.82, 2.24) is 4.98 Å². The van der Waals surface area contributed by atoms with Crippen molar-refractivity contribution in [3.8, 4) is 0 Å². The minimum absolute atomic E-state index is 0.00483. The number of rotatable bonds is 3. The van der Waals surface area contributed by atoms with Crippen molar-refractivity contribution < 1.29 is 9.84 Å². The summed E-state index contributed by atoms with van der Waals surface area (Å²) in [6.07, 6.45) is 0. The highest BCUT2D eigenvalue weighted by Gasteiger charge is 2.38. The molecule has 126 valence electrons. The van der Waals surface area contributed by atoms with Gasteiger partial charge in [0.25, 0.3) is 0 Å². The summed E-state index contributed by atoms with van der Waals surface area (Å²) >= 11 is 0. The van der Waals surface area contributed by atoms with Crippen LogP contribution in [-0.2, 0) is 10.3 Å². The number of aliphatic hydroxyl groups is 1. The Balaban J connectivity index is 1.90. The number of aromatic nitrogens is 1. The third-order valence-corrected chi connectivity index (χ3v) is 4.76. The van der Waals surface area contributed by atoms with Gasteiger partial charge in [0.1, 0.15) is 23.9 Å². The van der Waals surface area contributed by atoms with E-state index in [9.17, 15) is 5.11 Å². The molecule has 3 rings (SSSR count). The number of aliphatic imine (C=N–C) groups is 1. The number of pyridine rings is 1. The maximum Gasteiger partial charge on any atom is 0.236 e. The van der Waals surface area contributed by atoms with Gasteiger partial charge in [-0.15, -0.1) is 0 Å². The highest BCUT2D eigenvalue weighted by molar-refractivity contribution is 5.93. The van der Waals surface area contributed by atoms with Gasteiger partial charge in [-0.2, -0.15) is 0 Å². The van der Waals surface area contributed by atoms with Crippen molar-refractivity contribution >= 4 is 5.90 Å². The second kappa shape index (κ2) is 6.02. The second-order valence-electron chi connectivity index (χ2n) is 7.40. The Hall–Kier alpha value is -2.20. The Morgan fingerprint density at radius 2 is 1.71 bits per heavy atom. The van der Waals surface area contributed by atoms with Crippen LogP contribution in [-0.4, -0.2) is 22.6 Å². The molecular weight excluding hydrogens is 300 g/mol. The van der Waals surface area contributed by atoms with E-state index in [4.69, 9.17) is 4.74 Å². The predicted octanol–water partition coefficient (Wildman–Crippen LogP) is 3.85. The van der Waals surface area contributed by atoms with E-state index in [2.05, 4.69) is 22.1 Å². The van der Waals surface area contributed by atoms with Crippen molar-refractivity contribution in [1.29, 1.82) is 0 Å². The number of hydrogen-bond donors (Lipinski definition) is 1. The van der Waals surface area contributed by atoms with Crippen LogP contribution in [0.3, 0.4) is 0 Å². The van der Waals surface area contributed by atoms with Crippen molar-refractivity contribution in [3.63, 3.8) is 0 Å². The summed E-state index contributed by atoms with van der Waals surface area (Å²) in [6.45, 7) is 8.30. The van der Waals surface area contributed by atoms with Crippen LogP contribution in [0, 0.1) is 5.41 Å². The van der Waals surface area contributed by atoms with E-state index in [1.54, 1.807) is 6.92 Å². The molecule has 0 bridgehead atoms. The Morgan fingerprint density at radius 1 is 1.00 bits per heavy atom. The molecule has 2 heterocycles. The molecule has 4 nitrogen and oxygen atoms in total. The molecule has 1 N–H and O–H groups in total. The van der Waals surface area contributed by atoms with Crippen molar-refractivity contribution in [2.45, 2.75) is 39.3 Å². The van der Waals surface area contributed by atoms with E-state index < -0.39 is 5.60 Å². The summed E-state index contributed by atoms with van der Waals surface area (Å²) in [5.41, 5.74) is 1.05. The lowest BCUT2D eigenvalue weighted by Gasteiger charge is -2.36. The molecule has 24 heavy (non-hydrogen) atoms. The topological polar surface area (TPSA) is 54.7 Å². The van der Waals surface area contributed by atoms with E-state index >= 15 is 0 Å². The van der Waals surface area contributed by atoms with Crippen molar-refractivity contribution in [3.05, 3.63) is 65.5 Å². The van der Waals surface area contributed by atoms with E-state index in [-0.39, 0.29) is 11.5 Å². The largest absolute Gasteiger partial charge is 0.474 e. The number of hydrogen-bond acceptors (Lipinski definition) is 4. The highest BCUT2D eigenvalue weighted by atomic mass is 16.5. The zero-order chi connectivity index (χ0) is 17.4. The van der Waals surface area contributed by atoms with Crippen LogP contribution < -0.4 is 0 Å². The molecule has 0 radical (unpaired) electrons. The van der Waals surface area contributed by atoms with E-state index in [0.717, 1.165) is 5.56 Å². The lowest BCUT2D eigenvalue weighted by molar-refractivity contribution is -0.0506. The van der Waals surface area contributed by atoms with Crippen LogP contribution in [0.2, 0.25) is 0 Å². The lowest BCUT2D eigenvalue weighted by atomic mass is 9.75. The first-order valence-electron chi connectivity index (χ1n) is 8.25. The summed E-state index contributed by atoms with van der Waals surface area (Å²) in [6, 6.07) is 15.7. The minimum Gasteiger partial charge on any atom is -0.474 e. The Kier molecular flexibility index (Phi) is 4.18. The van der Waals surface area contributed by atoms with Gasteiger partial charge in [-0.1, -0.05) is 57.2 Å². The van der Waals surface area contributed by atoms with Crippen LogP contribution in [0.5, 0.6) is 0 Å². The third kappa shape index (κ3) is 3.06. The zero-order valence-electron chi connectivity index (χ0n) is 14.7. The first-order chi connectivity index (χ1) is 11.3. The van der Waals surface area contributed by atoms with Crippen LogP contribution in [0.1, 0.15) is 50.7 Å². The van der Waals surface area contributed by atoms with E-state index in [0.29, 0.717) is 23.9 Å². The molecule has 1 aliphatic rings. The highest BCUT2D eigenvalue weighted by Crippen LogP contribution is 2.38. The fourth-order valence-electron chi connectivity index (χ4n) is 2.57. The molecule has 0 aliphatic carbocycles. The standard InChI is InChI=1S/C20H24N2O2/c1-19(2,3)20(4,23)17-12-8-11-15(21-17)18-22-16(13-24-18)14-9-6-5-7-10-14/h5-12,16,23H,13H2,1-4H3/t16-,20+/m0/s1. The molecule has 1 aliphatic heterocycles. The lowest BCUT2D eigenvalue weighted by Crippen LogP contribution is -2.38. The minimum atomic E-state index is -1.04. The van der Waals surface area contributed by atoms with Crippen LogP contribution in [0.4, 0.5) is 0 Å². The van der Waals surface area contributed by atoms with Gasteiger partial charge in [0.2, 0.25) is 5.90 Å². The molecule has 4 heteroatoms. The van der Waals surface area contributed by atoms with Crippen LogP contribution >= 0.6 is 0 Å². The number of benzene rings is 1. The number of ether oxygens (including phenoxy) is 1. The summed E-state index contributed by atoms with van der Waals surface area (Å²) in [7, 11) is 0. The summed E-state index contributed by atoms with van der Waals surface area (Å²) in [4.78, 5) is 9.28. The average molecular weight is 324 g/mol. The van der Waals surface area contributed by atoms with Gasteiger partial charge in [-0.25, -0.2) is 9.98 Å². The molecule has 1 aromatic heterocycles. The predicted molar refractivity (Wildman–Crippen MR) is 94.9 cm³/mol. The second-order valence-corrected chi connectivity index (χ2v) is 7.40. The first kappa shape index (κ1) is 16.7. The van der Waals surface area contributed by atoms with E-state index in [1.807, 2.05) is 57.2 Å². The quantitative estimate of drug-likeness (QED) is 0.933. The molecule has 2 aromatic rings. The first-order valence-corrected chi connectivity index (χ1v) is 8.25. The summed E-state index contributed by atoms with van der Waals surface area (Å²) < 4.78 is 5.77. The zero-order valence-corrected chi connectivity index (χ0v) is 14.7. The van der Waals surface area contributed by atoms with Gasteiger partial charge in [0.15, 0.2) is 0 Å². The Bertz CT molecular complexity index is 746. The molecule has 0 fully saturated rings. The smallest absolute Gasteiger partial charge is 0.236 e. The normalized spacial score (nSPS) is 20.2. The SMILES string of the molecule is CC(C)(C)[C@](C)(O)c1cccc(C2=N[C@H](c3ccccc3)CO2)n1. The van der Waals surface area contributed by atoms with Gasteiger partial charge in [0, 0.05) is 0 Å². The van der Waals surface area contributed by atoms with Crippen LogP contribution in [0.15, 0.2) is 53.5 Å². The molecule has 0 spiro atoms. The van der Waals surface area contributed by atoms with Crippen molar-refractivity contribution in [2.24, 2.45) is 10.4 Å². The van der Waals surface area contributed by atoms with Gasteiger partial charge >= 0.3 is 0 Å². The summed E-state index contributed by atoms with van der Waals surface area (Å²) in [5, 5.41) is 10.9. The Labute approximate surface area is 143 Å². The molecule has 0 amide bonds. The maximum atomic E-state index is 10.9. The summed E-state index contributed by atoms with van der Waals surface area (Å²) in [5.74, 6) is 0.537. The number of nitrogens with zero attached hydrogens (tertiary/aromatic N) is 2. The van der Waals surface area contributed by atoms with Gasteiger partial charge in [0.05, 0.1) is 5.69 Å². The monoisotopic (exact) mass is 324 g/mol. The average Bonchev–Trinajstić information content (AvgIpc) is 3.05. The molecule has 1 aromatic carbocycles. The molecule has 0 saturated carbocycles. The van der Waals surface area contributed by atoms with Crippen molar-refractivity contribution in [2.75, 3.05) is 6.61 Å². The van der Waals surface area contributed by atoms with Crippen LogP contribution in [0.25, 0.3) is 0 Å². The molecule has 0 unspecified atom stereocenters. The Morgan fingerprint density at radius 3 is 2.38 bits per heavy atom. The molecular formula is C20H24N2O2. The fraction of sp³-hybridized carbons (Fsp3) is 0.400. The van der Waals surface area contributed by atoms with Gasteiger partial charge < -0.3 is 9.84 Å². The molecule has 2 atom stereocenters.